The molecular formula is C19H25N3O6S. The summed E-state index contributed by atoms with van der Waals surface area (Å²) in [6, 6.07) is 13.4. The lowest BCUT2D eigenvalue weighted by molar-refractivity contribution is -0.385. The lowest BCUT2D eigenvalue weighted by atomic mass is 9.96. The summed E-state index contributed by atoms with van der Waals surface area (Å²) in [4.78, 5) is 9.96. The van der Waals surface area contributed by atoms with Crippen molar-refractivity contribution in [3.63, 3.8) is 0 Å². The Hall–Kier alpha value is -2.37. The molecule has 0 saturated heterocycles. The first-order chi connectivity index (χ1) is 13.5. The van der Waals surface area contributed by atoms with Crippen LogP contribution in [-0.2, 0) is 21.2 Å². The fourth-order valence-corrected chi connectivity index (χ4v) is 4.02. The molecule has 0 amide bonds. The van der Waals surface area contributed by atoms with E-state index in [4.69, 9.17) is 10.5 Å². The topological polar surface area (TPSA) is 145 Å². The standard InChI is InChI=1S/C19H25N3O6S/c1-14(2)28-13-18(23)19(20,12-15-7-4-3-5-8-15)21-29(26,27)17-10-6-9-16(11-17)22(24)25/h3-11,14,18,21,23H,12-13,20H2,1-2H3/t18-,19-/m0/s1. The highest BCUT2D eigenvalue weighted by molar-refractivity contribution is 7.89. The SMILES string of the molecule is CC(C)OC[C@H](O)[C@](N)(Cc1ccccc1)NS(=O)(=O)c1cccc([N+](=O)[O-])c1. The summed E-state index contributed by atoms with van der Waals surface area (Å²) in [5.74, 6) is 0. The number of nitrogens with two attached hydrogens (primary N) is 1. The van der Waals surface area contributed by atoms with Crippen LogP contribution in [0.15, 0.2) is 59.5 Å². The summed E-state index contributed by atoms with van der Waals surface area (Å²) in [6.07, 6.45) is -1.59. The summed E-state index contributed by atoms with van der Waals surface area (Å²) < 4.78 is 33.5. The molecule has 0 saturated carbocycles. The Balaban J connectivity index is 2.37. The van der Waals surface area contributed by atoms with Crippen LogP contribution in [0.3, 0.4) is 0 Å². The van der Waals surface area contributed by atoms with Crippen molar-refractivity contribution in [3.8, 4) is 0 Å². The molecule has 0 aromatic heterocycles. The molecule has 0 aliphatic carbocycles. The van der Waals surface area contributed by atoms with Crippen LogP contribution in [0.5, 0.6) is 0 Å². The molecule has 9 nitrogen and oxygen atoms in total. The molecule has 29 heavy (non-hydrogen) atoms. The maximum atomic E-state index is 12.9. The molecule has 10 heteroatoms. The van der Waals surface area contributed by atoms with Crippen LogP contribution >= 0.6 is 0 Å². The number of ether oxygens (including phenoxy) is 1. The van der Waals surface area contributed by atoms with Gasteiger partial charge in [-0.1, -0.05) is 36.4 Å². The molecule has 0 unspecified atom stereocenters. The largest absolute Gasteiger partial charge is 0.387 e. The lowest BCUT2D eigenvalue weighted by Crippen LogP contribution is -2.66. The van der Waals surface area contributed by atoms with Crippen LogP contribution in [0, 0.1) is 10.1 Å². The minimum atomic E-state index is -4.27. The Morgan fingerprint density at radius 1 is 1.21 bits per heavy atom. The van der Waals surface area contributed by atoms with Gasteiger partial charge in [0.25, 0.3) is 5.69 Å². The molecule has 158 valence electrons. The normalized spacial score (nSPS) is 15.1. The van der Waals surface area contributed by atoms with Crippen LogP contribution in [0.25, 0.3) is 0 Å². The van der Waals surface area contributed by atoms with Crippen molar-refractivity contribution in [2.75, 3.05) is 6.61 Å². The Kier molecular flexibility index (Phi) is 7.44. The Labute approximate surface area is 169 Å². The molecule has 0 bridgehead atoms. The van der Waals surface area contributed by atoms with Gasteiger partial charge in [-0.25, -0.2) is 8.42 Å². The van der Waals surface area contributed by atoms with Gasteiger partial charge in [0.05, 0.1) is 22.5 Å². The summed E-state index contributed by atoms with van der Waals surface area (Å²) in [7, 11) is -4.27. The van der Waals surface area contributed by atoms with Crippen molar-refractivity contribution in [1.82, 2.24) is 4.72 Å². The number of aliphatic hydroxyl groups is 1. The van der Waals surface area contributed by atoms with E-state index >= 15 is 0 Å². The molecule has 2 rings (SSSR count). The van der Waals surface area contributed by atoms with Crippen molar-refractivity contribution >= 4 is 15.7 Å². The fraction of sp³-hybridized carbons (Fsp3) is 0.368. The molecule has 4 N–H and O–H groups in total. The van der Waals surface area contributed by atoms with Gasteiger partial charge in [0.1, 0.15) is 11.8 Å². The third kappa shape index (κ3) is 6.31. The van der Waals surface area contributed by atoms with E-state index in [9.17, 15) is 23.6 Å². The highest BCUT2D eigenvalue weighted by Crippen LogP contribution is 2.21. The monoisotopic (exact) mass is 423 g/mol. The van der Waals surface area contributed by atoms with Gasteiger partial charge in [0.15, 0.2) is 0 Å². The van der Waals surface area contributed by atoms with Gasteiger partial charge >= 0.3 is 0 Å². The number of benzene rings is 2. The summed E-state index contributed by atoms with van der Waals surface area (Å²) >= 11 is 0. The highest BCUT2D eigenvalue weighted by Gasteiger charge is 2.39. The van der Waals surface area contributed by atoms with Gasteiger partial charge in [0.2, 0.25) is 10.0 Å². The minimum absolute atomic E-state index is 0.0232. The lowest BCUT2D eigenvalue weighted by Gasteiger charge is -2.35. The Bertz CT molecular complexity index is 936. The van der Waals surface area contributed by atoms with E-state index in [-0.39, 0.29) is 29.7 Å². The smallest absolute Gasteiger partial charge is 0.270 e. The van der Waals surface area contributed by atoms with Crippen LogP contribution in [-0.4, -0.2) is 42.9 Å². The number of nitrogens with zero attached hydrogens (tertiary/aromatic N) is 1. The van der Waals surface area contributed by atoms with Crippen LogP contribution in [0.2, 0.25) is 0 Å². The van der Waals surface area contributed by atoms with Crippen LogP contribution in [0.1, 0.15) is 19.4 Å². The molecule has 0 aliphatic rings. The molecule has 0 fully saturated rings. The van der Waals surface area contributed by atoms with E-state index < -0.39 is 26.7 Å². The van der Waals surface area contributed by atoms with E-state index in [1.807, 2.05) is 0 Å². The van der Waals surface area contributed by atoms with Crippen molar-refractivity contribution in [2.45, 2.75) is 43.0 Å². The molecule has 2 aromatic carbocycles. The number of nitro groups is 1. The first-order valence-electron chi connectivity index (χ1n) is 8.94. The zero-order valence-electron chi connectivity index (χ0n) is 16.2. The minimum Gasteiger partial charge on any atom is -0.387 e. The molecule has 0 radical (unpaired) electrons. The Morgan fingerprint density at radius 3 is 2.45 bits per heavy atom. The third-order valence-electron chi connectivity index (χ3n) is 4.18. The van der Waals surface area contributed by atoms with E-state index in [0.29, 0.717) is 5.56 Å². The number of sulfonamides is 1. The number of nitrogens with one attached hydrogen (secondary N) is 1. The molecule has 2 aromatic rings. The average molecular weight is 423 g/mol. The highest BCUT2D eigenvalue weighted by atomic mass is 32.2. The molecular weight excluding hydrogens is 398 g/mol. The third-order valence-corrected chi connectivity index (χ3v) is 5.71. The fourth-order valence-electron chi connectivity index (χ4n) is 2.66. The second kappa shape index (κ2) is 9.42. The van der Waals surface area contributed by atoms with E-state index in [0.717, 1.165) is 6.07 Å². The van der Waals surface area contributed by atoms with Gasteiger partial charge in [-0.15, -0.1) is 0 Å². The molecule has 2 atom stereocenters. The van der Waals surface area contributed by atoms with Crippen molar-refractivity contribution < 1.29 is 23.2 Å². The summed E-state index contributed by atoms with van der Waals surface area (Å²) in [5, 5.41) is 21.6. The van der Waals surface area contributed by atoms with Gasteiger partial charge in [-0.2, -0.15) is 4.72 Å². The van der Waals surface area contributed by atoms with E-state index in [2.05, 4.69) is 4.72 Å². The maximum Gasteiger partial charge on any atom is 0.270 e. The second-order valence-corrected chi connectivity index (χ2v) is 8.64. The number of aliphatic hydroxyl groups excluding tert-OH is 1. The van der Waals surface area contributed by atoms with E-state index in [1.54, 1.807) is 44.2 Å². The first-order valence-corrected chi connectivity index (χ1v) is 10.4. The number of hydrogen-bond donors (Lipinski definition) is 3. The second-order valence-electron chi connectivity index (χ2n) is 6.96. The van der Waals surface area contributed by atoms with Gasteiger partial charge in [-0.3, -0.25) is 10.1 Å². The van der Waals surface area contributed by atoms with Crippen molar-refractivity contribution in [3.05, 3.63) is 70.3 Å². The van der Waals surface area contributed by atoms with Crippen molar-refractivity contribution in [2.24, 2.45) is 5.73 Å². The average Bonchev–Trinajstić information content (AvgIpc) is 2.66. The number of non-ortho nitro benzene ring substituents is 1. The quantitative estimate of drug-likeness (QED) is 0.299. The van der Waals surface area contributed by atoms with Gasteiger partial charge < -0.3 is 15.6 Å². The molecule has 0 spiro atoms. The predicted octanol–water partition coefficient (Wildman–Crippen LogP) is 1.56. The first kappa shape index (κ1) is 22.9. The van der Waals surface area contributed by atoms with Crippen LogP contribution in [0.4, 0.5) is 5.69 Å². The van der Waals surface area contributed by atoms with E-state index in [1.165, 1.54) is 18.2 Å². The zero-order valence-corrected chi connectivity index (χ0v) is 17.0. The molecule has 0 aliphatic heterocycles. The predicted molar refractivity (Wildman–Crippen MR) is 108 cm³/mol. The van der Waals surface area contributed by atoms with Crippen LogP contribution < -0.4 is 10.5 Å². The number of nitro benzene ring substituents is 1. The molecule has 0 heterocycles. The number of rotatable bonds is 10. The zero-order chi connectivity index (χ0) is 21.7. The van der Waals surface area contributed by atoms with Gasteiger partial charge in [0, 0.05) is 18.6 Å². The maximum absolute atomic E-state index is 12.9. The summed E-state index contributed by atoms with van der Waals surface area (Å²) in [6.45, 7) is 3.35. The Morgan fingerprint density at radius 2 is 1.86 bits per heavy atom. The number of hydrogen-bond acceptors (Lipinski definition) is 7. The van der Waals surface area contributed by atoms with Gasteiger partial charge in [-0.05, 0) is 25.5 Å². The van der Waals surface area contributed by atoms with Crippen molar-refractivity contribution in [1.29, 1.82) is 0 Å². The summed E-state index contributed by atoms with van der Waals surface area (Å²) in [5.41, 5.74) is 4.84.